The van der Waals surface area contributed by atoms with E-state index in [9.17, 15) is 14.7 Å². The van der Waals surface area contributed by atoms with Crippen molar-refractivity contribution < 1.29 is 24.9 Å². The van der Waals surface area contributed by atoms with E-state index >= 15 is 0 Å². The molecule has 0 amide bonds. The molecule has 0 aromatic heterocycles. The first-order chi connectivity index (χ1) is 9.31. The Kier molecular flexibility index (Phi) is 5.37. The minimum atomic E-state index is -0.934. The number of phenolic OH excluding ortho intramolecular Hbond substituents is 1. The number of nitrogens with zero attached hydrogens (tertiary/aromatic N) is 1. The van der Waals surface area contributed by atoms with Crippen molar-refractivity contribution in [3.63, 3.8) is 0 Å². The van der Waals surface area contributed by atoms with Crippen molar-refractivity contribution in [2.45, 2.75) is 13.8 Å². The van der Waals surface area contributed by atoms with Crippen LogP contribution in [-0.4, -0.2) is 40.3 Å². The zero-order valence-electron chi connectivity index (χ0n) is 11.5. The van der Waals surface area contributed by atoms with E-state index < -0.39 is 23.8 Å². The van der Waals surface area contributed by atoms with Gasteiger partial charge in [0.1, 0.15) is 5.75 Å². The summed E-state index contributed by atoms with van der Waals surface area (Å²) in [6, 6.07) is 6.25. The molecule has 1 aromatic rings. The lowest BCUT2D eigenvalue weighted by atomic mass is 10.1. The van der Waals surface area contributed by atoms with E-state index in [0.29, 0.717) is 5.69 Å². The van der Waals surface area contributed by atoms with Crippen molar-refractivity contribution in [3.05, 3.63) is 24.3 Å². The van der Waals surface area contributed by atoms with E-state index in [1.807, 2.05) is 0 Å². The fourth-order valence-electron chi connectivity index (χ4n) is 1.77. The van der Waals surface area contributed by atoms with Gasteiger partial charge in [-0.1, -0.05) is 13.8 Å². The average molecular weight is 281 g/mol. The maximum absolute atomic E-state index is 11.0. The summed E-state index contributed by atoms with van der Waals surface area (Å²) in [7, 11) is 0. The summed E-state index contributed by atoms with van der Waals surface area (Å²) in [5, 5.41) is 27.2. The highest BCUT2D eigenvalue weighted by atomic mass is 16.4. The molecule has 0 aliphatic heterocycles. The number of carboxylic acids is 2. The SMILES string of the molecule is CC(CN(CC(C)C(=O)O)c1ccc(O)cc1)C(=O)O. The van der Waals surface area contributed by atoms with Gasteiger partial charge in [-0.2, -0.15) is 0 Å². The van der Waals surface area contributed by atoms with Crippen LogP contribution in [0.15, 0.2) is 24.3 Å². The second-order valence-corrected chi connectivity index (χ2v) is 4.90. The van der Waals surface area contributed by atoms with Gasteiger partial charge in [0.25, 0.3) is 0 Å². The van der Waals surface area contributed by atoms with Gasteiger partial charge in [0.05, 0.1) is 11.8 Å². The quantitative estimate of drug-likeness (QED) is 0.703. The van der Waals surface area contributed by atoms with E-state index in [2.05, 4.69) is 0 Å². The smallest absolute Gasteiger partial charge is 0.308 e. The standard InChI is InChI=1S/C14H19NO5/c1-9(13(17)18)7-15(8-10(2)14(19)20)11-3-5-12(16)6-4-11/h3-6,9-10,16H,7-8H2,1-2H3,(H,17,18)(H,19,20). The molecular weight excluding hydrogens is 262 g/mol. The number of carboxylic acid groups (broad SMARTS) is 2. The van der Waals surface area contributed by atoms with Gasteiger partial charge in [-0.3, -0.25) is 9.59 Å². The van der Waals surface area contributed by atoms with Crippen LogP contribution in [0.3, 0.4) is 0 Å². The molecule has 1 aromatic carbocycles. The van der Waals surface area contributed by atoms with Crippen LogP contribution >= 0.6 is 0 Å². The van der Waals surface area contributed by atoms with Gasteiger partial charge in [-0.25, -0.2) is 0 Å². The summed E-state index contributed by atoms with van der Waals surface area (Å²) >= 11 is 0. The van der Waals surface area contributed by atoms with Crippen molar-refractivity contribution in [1.82, 2.24) is 0 Å². The lowest BCUT2D eigenvalue weighted by molar-refractivity contribution is -0.141. The van der Waals surface area contributed by atoms with Gasteiger partial charge < -0.3 is 20.2 Å². The number of phenols is 1. The third-order valence-corrected chi connectivity index (χ3v) is 3.05. The Morgan fingerprint density at radius 1 is 1.00 bits per heavy atom. The fraction of sp³-hybridized carbons (Fsp3) is 0.429. The molecule has 6 heteroatoms. The number of anilines is 1. The van der Waals surface area contributed by atoms with Crippen LogP contribution in [0.1, 0.15) is 13.8 Å². The summed E-state index contributed by atoms with van der Waals surface area (Å²) in [5.41, 5.74) is 0.684. The third-order valence-electron chi connectivity index (χ3n) is 3.05. The van der Waals surface area contributed by atoms with Crippen LogP contribution in [0, 0.1) is 11.8 Å². The number of hydrogen-bond donors (Lipinski definition) is 3. The number of rotatable bonds is 7. The number of carbonyl (C=O) groups is 2. The van der Waals surface area contributed by atoms with Crippen LogP contribution in [0.5, 0.6) is 5.75 Å². The first-order valence-electron chi connectivity index (χ1n) is 6.31. The Hall–Kier alpha value is -2.24. The van der Waals surface area contributed by atoms with E-state index in [0.717, 1.165) is 0 Å². The van der Waals surface area contributed by atoms with Crippen molar-refractivity contribution in [2.75, 3.05) is 18.0 Å². The van der Waals surface area contributed by atoms with E-state index in [4.69, 9.17) is 10.2 Å². The largest absolute Gasteiger partial charge is 0.508 e. The van der Waals surface area contributed by atoms with Gasteiger partial charge in [0.2, 0.25) is 0 Å². The topological polar surface area (TPSA) is 98.1 Å². The number of aliphatic carboxylic acids is 2. The summed E-state index contributed by atoms with van der Waals surface area (Å²) in [5.74, 6) is -3.01. The molecule has 6 nitrogen and oxygen atoms in total. The maximum Gasteiger partial charge on any atom is 0.308 e. The van der Waals surface area contributed by atoms with Gasteiger partial charge in [-0.05, 0) is 24.3 Å². The summed E-state index contributed by atoms with van der Waals surface area (Å²) in [6.45, 7) is 3.55. The molecule has 0 aliphatic carbocycles. The second kappa shape index (κ2) is 6.79. The molecule has 110 valence electrons. The van der Waals surface area contributed by atoms with Crippen molar-refractivity contribution in [2.24, 2.45) is 11.8 Å². The Labute approximate surface area is 117 Å². The normalized spacial score (nSPS) is 13.5. The van der Waals surface area contributed by atoms with Crippen LogP contribution in [0.25, 0.3) is 0 Å². The highest BCUT2D eigenvalue weighted by molar-refractivity contribution is 5.72. The molecule has 0 radical (unpaired) electrons. The first kappa shape index (κ1) is 15.8. The molecule has 0 saturated carbocycles. The van der Waals surface area contributed by atoms with Crippen molar-refractivity contribution in [1.29, 1.82) is 0 Å². The lowest BCUT2D eigenvalue weighted by Crippen LogP contribution is -2.37. The van der Waals surface area contributed by atoms with Gasteiger partial charge in [0, 0.05) is 18.8 Å². The molecule has 0 fully saturated rings. The summed E-state index contributed by atoms with van der Waals surface area (Å²) in [4.78, 5) is 23.6. The van der Waals surface area contributed by atoms with E-state index in [1.54, 1.807) is 30.9 Å². The molecular formula is C14H19NO5. The third kappa shape index (κ3) is 4.46. The van der Waals surface area contributed by atoms with Crippen LogP contribution in [0.4, 0.5) is 5.69 Å². The molecule has 3 N–H and O–H groups in total. The Bertz CT molecular complexity index is 449. The molecule has 0 saturated heterocycles. The first-order valence-corrected chi connectivity index (χ1v) is 6.31. The van der Waals surface area contributed by atoms with Gasteiger partial charge in [-0.15, -0.1) is 0 Å². The minimum absolute atomic E-state index is 0.103. The lowest BCUT2D eigenvalue weighted by Gasteiger charge is -2.28. The van der Waals surface area contributed by atoms with Crippen molar-refractivity contribution in [3.8, 4) is 5.75 Å². The molecule has 0 bridgehead atoms. The van der Waals surface area contributed by atoms with Gasteiger partial charge >= 0.3 is 11.9 Å². The minimum Gasteiger partial charge on any atom is -0.508 e. The molecule has 0 spiro atoms. The Morgan fingerprint density at radius 3 is 1.75 bits per heavy atom. The summed E-state index contributed by atoms with van der Waals surface area (Å²) in [6.07, 6.45) is 0. The second-order valence-electron chi connectivity index (χ2n) is 4.90. The fourth-order valence-corrected chi connectivity index (χ4v) is 1.77. The van der Waals surface area contributed by atoms with Gasteiger partial charge in [0.15, 0.2) is 0 Å². The summed E-state index contributed by atoms with van der Waals surface area (Å²) < 4.78 is 0. The number of aromatic hydroxyl groups is 1. The molecule has 2 atom stereocenters. The van der Waals surface area contributed by atoms with E-state index in [1.165, 1.54) is 12.1 Å². The zero-order chi connectivity index (χ0) is 15.3. The predicted molar refractivity (Wildman–Crippen MR) is 73.9 cm³/mol. The monoisotopic (exact) mass is 281 g/mol. The highest BCUT2D eigenvalue weighted by Gasteiger charge is 2.21. The van der Waals surface area contributed by atoms with Crippen molar-refractivity contribution >= 4 is 17.6 Å². The maximum atomic E-state index is 11.0. The molecule has 1 rings (SSSR count). The Balaban J connectivity index is 2.91. The molecule has 0 aliphatic rings. The average Bonchev–Trinajstić information content (AvgIpc) is 2.38. The number of hydrogen-bond acceptors (Lipinski definition) is 4. The van der Waals surface area contributed by atoms with Crippen LogP contribution < -0.4 is 4.90 Å². The Morgan fingerprint density at radius 2 is 1.40 bits per heavy atom. The predicted octanol–water partition coefficient (Wildman–Crippen LogP) is 1.64. The van der Waals surface area contributed by atoms with Crippen LogP contribution in [0.2, 0.25) is 0 Å². The zero-order valence-corrected chi connectivity index (χ0v) is 11.5. The highest BCUT2D eigenvalue weighted by Crippen LogP contribution is 2.21. The number of benzene rings is 1. The van der Waals surface area contributed by atoms with E-state index in [-0.39, 0.29) is 18.8 Å². The molecule has 20 heavy (non-hydrogen) atoms. The van der Waals surface area contributed by atoms with Crippen LogP contribution in [-0.2, 0) is 9.59 Å². The molecule has 2 unspecified atom stereocenters. The molecule has 0 heterocycles.